The molecule has 4 aliphatic rings. The monoisotopic (exact) mass is 339 g/mol. The molecule has 1 aromatic carbocycles. The van der Waals surface area contributed by atoms with E-state index in [0.29, 0.717) is 29.3 Å². The summed E-state index contributed by atoms with van der Waals surface area (Å²) in [6.45, 7) is 0. The summed E-state index contributed by atoms with van der Waals surface area (Å²) in [6.07, 6.45) is 6.53. The molecule has 6 rings (SSSR count). The smallest absolute Gasteiger partial charge is 0.269 e. The molecule has 2 aromatic rings. The van der Waals surface area contributed by atoms with Crippen molar-refractivity contribution in [3.63, 3.8) is 0 Å². The summed E-state index contributed by atoms with van der Waals surface area (Å²) < 4.78 is 13.0. The molecular formula is C20H22FN3O. The topological polar surface area (TPSA) is 57.8 Å². The molecular weight excluding hydrogens is 317 g/mol. The first-order chi connectivity index (χ1) is 12.2. The molecule has 0 aliphatic heterocycles. The van der Waals surface area contributed by atoms with Crippen molar-refractivity contribution in [2.45, 2.75) is 38.1 Å². The molecule has 25 heavy (non-hydrogen) atoms. The average Bonchev–Trinajstić information content (AvgIpc) is 3.08. The third-order valence-corrected chi connectivity index (χ3v) is 6.49. The van der Waals surface area contributed by atoms with E-state index in [9.17, 15) is 9.18 Å². The molecule has 0 saturated heterocycles. The molecule has 1 amide bonds. The number of aromatic nitrogens is 2. The van der Waals surface area contributed by atoms with Gasteiger partial charge in [0, 0.05) is 11.6 Å². The van der Waals surface area contributed by atoms with Crippen LogP contribution in [-0.4, -0.2) is 22.1 Å². The van der Waals surface area contributed by atoms with Gasteiger partial charge in [-0.05, 0) is 86.1 Å². The highest BCUT2D eigenvalue weighted by molar-refractivity contribution is 5.93. The number of aromatic amines is 1. The summed E-state index contributed by atoms with van der Waals surface area (Å²) in [5, 5.41) is 10.3. The summed E-state index contributed by atoms with van der Waals surface area (Å²) in [4.78, 5) is 12.7. The molecule has 4 fully saturated rings. The van der Waals surface area contributed by atoms with Gasteiger partial charge in [-0.2, -0.15) is 5.10 Å². The Balaban J connectivity index is 1.31. The predicted molar refractivity (Wildman–Crippen MR) is 92.3 cm³/mol. The highest BCUT2D eigenvalue weighted by Crippen LogP contribution is 2.53. The molecule has 0 unspecified atom stereocenters. The van der Waals surface area contributed by atoms with E-state index in [0.717, 1.165) is 17.4 Å². The first-order valence-corrected chi connectivity index (χ1v) is 9.28. The van der Waals surface area contributed by atoms with Crippen molar-refractivity contribution in [1.82, 2.24) is 15.5 Å². The standard InChI is InChI=1S/C20H22FN3O/c21-16-3-1-13(2-4-16)17-10-18(24-23-17)20(25)22-19-14-6-11-5-12(8-14)9-15(19)7-11/h1-4,10-12,14-15,19H,5-9H2,(H,22,25)(H,23,24). The van der Waals surface area contributed by atoms with E-state index in [1.54, 1.807) is 18.2 Å². The Kier molecular flexibility index (Phi) is 3.43. The van der Waals surface area contributed by atoms with Crippen LogP contribution in [0.4, 0.5) is 4.39 Å². The van der Waals surface area contributed by atoms with Crippen molar-refractivity contribution in [2.75, 3.05) is 0 Å². The van der Waals surface area contributed by atoms with Crippen molar-refractivity contribution in [1.29, 1.82) is 0 Å². The number of nitrogens with zero attached hydrogens (tertiary/aromatic N) is 1. The molecule has 1 heterocycles. The van der Waals surface area contributed by atoms with Gasteiger partial charge in [0.2, 0.25) is 0 Å². The van der Waals surface area contributed by atoms with Crippen LogP contribution in [0.25, 0.3) is 11.3 Å². The fourth-order valence-electron chi connectivity index (χ4n) is 5.60. The second-order valence-corrected chi connectivity index (χ2v) is 8.10. The zero-order valence-corrected chi connectivity index (χ0v) is 14.0. The SMILES string of the molecule is O=C(NC1C2CC3CC(C2)CC1C3)c1cc(-c2ccc(F)cc2)n[nH]1. The lowest BCUT2D eigenvalue weighted by Crippen LogP contribution is -2.55. The minimum absolute atomic E-state index is 0.0710. The van der Waals surface area contributed by atoms with Crippen LogP contribution < -0.4 is 5.32 Å². The van der Waals surface area contributed by atoms with Gasteiger partial charge in [0.15, 0.2) is 0 Å². The number of hydrogen-bond acceptors (Lipinski definition) is 2. The number of amides is 1. The Labute approximate surface area is 146 Å². The van der Waals surface area contributed by atoms with Gasteiger partial charge < -0.3 is 5.32 Å². The van der Waals surface area contributed by atoms with E-state index < -0.39 is 0 Å². The average molecular weight is 339 g/mol. The highest BCUT2D eigenvalue weighted by Gasteiger charge is 2.48. The fourth-order valence-corrected chi connectivity index (χ4v) is 5.60. The number of halogens is 1. The van der Waals surface area contributed by atoms with Crippen LogP contribution in [0.15, 0.2) is 30.3 Å². The first kappa shape index (κ1) is 15.1. The van der Waals surface area contributed by atoms with Crippen molar-refractivity contribution in [3.05, 3.63) is 41.8 Å². The second-order valence-electron chi connectivity index (χ2n) is 8.10. The van der Waals surface area contributed by atoms with Crippen LogP contribution >= 0.6 is 0 Å². The zero-order chi connectivity index (χ0) is 17.0. The molecule has 2 N–H and O–H groups in total. The molecule has 0 spiro atoms. The maximum atomic E-state index is 13.0. The number of hydrogen-bond donors (Lipinski definition) is 2. The minimum atomic E-state index is -0.279. The lowest BCUT2D eigenvalue weighted by Gasteiger charge is -2.54. The molecule has 4 bridgehead atoms. The molecule has 4 nitrogen and oxygen atoms in total. The molecule has 5 heteroatoms. The van der Waals surface area contributed by atoms with Crippen LogP contribution in [0.1, 0.15) is 42.6 Å². The van der Waals surface area contributed by atoms with Gasteiger partial charge in [0.05, 0.1) is 5.69 Å². The van der Waals surface area contributed by atoms with Gasteiger partial charge in [0.1, 0.15) is 11.5 Å². The number of benzene rings is 1. The van der Waals surface area contributed by atoms with Crippen LogP contribution in [0.3, 0.4) is 0 Å². The zero-order valence-electron chi connectivity index (χ0n) is 14.0. The number of rotatable bonds is 3. The van der Waals surface area contributed by atoms with Gasteiger partial charge in [-0.1, -0.05) is 0 Å². The minimum Gasteiger partial charge on any atom is -0.347 e. The number of carbonyl (C=O) groups excluding carboxylic acids is 1. The maximum Gasteiger partial charge on any atom is 0.269 e. The number of nitrogens with one attached hydrogen (secondary N) is 2. The Morgan fingerprint density at radius 2 is 1.68 bits per heavy atom. The third-order valence-electron chi connectivity index (χ3n) is 6.49. The fraction of sp³-hybridized carbons (Fsp3) is 0.500. The summed E-state index contributed by atoms with van der Waals surface area (Å²) in [7, 11) is 0. The molecule has 4 aliphatic carbocycles. The molecule has 0 radical (unpaired) electrons. The van der Waals surface area contributed by atoms with Crippen LogP contribution in [0.5, 0.6) is 0 Å². The van der Waals surface area contributed by atoms with Gasteiger partial charge in [0.25, 0.3) is 5.91 Å². The van der Waals surface area contributed by atoms with E-state index in [2.05, 4.69) is 15.5 Å². The molecule has 130 valence electrons. The van der Waals surface area contributed by atoms with Gasteiger partial charge >= 0.3 is 0 Å². The molecule has 0 atom stereocenters. The van der Waals surface area contributed by atoms with Crippen molar-refractivity contribution >= 4 is 5.91 Å². The van der Waals surface area contributed by atoms with Crippen LogP contribution in [0.2, 0.25) is 0 Å². The summed E-state index contributed by atoms with van der Waals surface area (Å²) in [6, 6.07) is 8.21. The predicted octanol–water partition coefficient (Wildman–Crippen LogP) is 3.77. The van der Waals surface area contributed by atoms with Crippen LogP contribution in [-0.2, 0) is 0 Å². The van der Waals surface area contributed by atoms with Crippen LogP contribution in [0, 0.1) is 29.5 Å². The Morgan fingerprint density at radius 3 is 2.32 bits per heavy atom. The number of carbonyl (C=O) groups is 1. The van der Waals surface area contributed by atoms with E-state index >= 15 is 0 Å². The summed E-state index contributed by atoms with van der Waals surface area (Å²) in [5.41, 5.74) is 1.94. The second kappa shape index (κ2) is 5.68. The first-order valence-electron chi connectivity index (χ1n) is 9.28. The quantitative estimate of drug-likeness (QED) is 0.894. The lowest BCUT2D eigenvalue weighted by atomic mass is 9.54. The van der Waals surface area contributed by atoms with Gasteiger partial charge in [-0.25, -0.2) is 4.39 Å². The maximum absolute atomic E-state index is 13.0. The highest BCUT2D eigenvalue weighted by atomic mass is 19.1. The Morgan fingerprint density at radius 1 is 1.04 bits per heavy atom. The third kappa shape index (κ3) is 2.66. The van der Waals surface area contributed by atoms with Gasteiger partial charge in [-0.3, -0.25) is 9.89 Å². The van der Waals surface area contributed by atoms with Crippen molar-refractivity contribution < 1.29 is 9.18 Å². The summed E-state index contributed by atoms with van der Waals surface area (Å²) >= 11 is 0. The van der Waals surface area contributed by atoms with E-state index in [1.165, 1.54) is 44.2 Å². The Hall–Kier alpha value is -2.17. The normalized spacial score (nSPS) is 32.8. The lowest BCUT2D eigenvalue weighted by molar-refractivity contribution is -0.0120. The Bertz CT molecular complexity index is 770. The van der Waals surface area contributed by atoms with E-state index in [4.69, 9.17) is 0 Å². The molecule has 1 aromatic heterocycles. The van der Waals surface area contributed by atoms with E-state index in [1.807, 2.05) is 0 Å². The van der Waals surface area contributed by atoms with Gasteiger partial charge in [-0.15, -0.1) is 0 Å². The number of H-pyrrole nitrogens is 1. The summed E-state index contributed by atoms with van der Waals surface area (Å²) in [5.74, 6) is 2.75. The molecule has 4 saturated carbocycles. The van der Waals surface area contributed by atoms with E-state index in [-0.39, 0.29) is 11.7 Å². The largest absolute Gasteiger partial charge is 0.347 e. The van der Waals surface area contributed by atoms with Crippen molar-refractivity contribution in [2.24, 2.45) is 23.7 Å². The van der Waals surface area contributed by atoms with Crippen molar-refractivity contribution in [3.8, 4) is 11.3 Å².